The third-order valence-electron chi connectivity index (χ3n) is 10.3. The van der Waals surface area contributed by atoms with E-state index in [1.807, 2.05) is 0 Å². The van der Waals surface area contributed by atoms with Crippen molar-refractivity contribution in [3.8, 4) is 0 Å². The Hall–Kier alpha value is -2.25. The number of aryl methyl sites for hydroxylation is 4. The number of nitrogens with zero attached hydrogens (tertiary/aromatic N) is 2. The molecule has 0 spiro atoms. The summed E-state index contributed by atoms with van der Waals surface area (Å²) < 4.78 is 1.59. The maximum atomic E-state index is 12.4. The number of hydrogen-bond acceptors (Lipinski definition) is 0. The minimum Gasteiger partial charge on any atom is -0.493 e. The van der Waals surface area contributed by atoms with Crippen molar-refractivity contribution in [2.24, 2.45) is 0 Å². The van der Waals surface area contributed by atoms with Gasteiger partial charge in [-0.3, -0.25) is 0 Å². The Kier molecular flexibility index (Phi) is 22.5. The molecule has 2 aromatic rings. The van der Waals surface area contributed by atoms with Gasteiger partial charge < -0.3 is 5.53 Å². The largest absolute Gasteiger partial charge is 0.493 e. The summed E-state index contributed by atoms with van der Waals surface area (Å²) in [6.45, 7) is 13.7. The molecule has 2 aromatic carbocycles. The molecule has 0 N–H and O–H groups in total. The van der Waals surface area contributed by atoms with E-state index in [-0.39, 0.29) is 16.5 Å². The van der Waals surface area contributed by atoms with E-state index in [0.29, 0.717) is 0 Å². The third kappa shape index (κ3) is 14.1. The van der Waals surface area contributed by atoms with Gasteiger partial charge in [0, 0.05) is 33.2 Å². The van der Waals surface area contributed by atoms with E-state index in [9.17, 15) is 5.53 Å². The Bertz CT molecular complexity index is 1330. The summed E-state index contributed by atoms with van der Waals surface area (Å²) in [7, 11) is 0. The van der Waals surface area contributed by atoms with E-state index in [2.05, 4.69) is 90.1 Å². The fraction of sp³-hybridized carbons (Fsp3) is 0.617. The van der Waals surface area contributed by atoms with Crippen LogP contribution in [0, 0.1) is 0 Å². The maximum Gasteiger partial charge on any atom is 0.215 e. The molecule has 3 rings (SSSR count). The van der Waals surface area contributed by atoms with Crippen molar-refractivity contribution in [2.45, 2.75) is 189 Å². The molecule has 0 atom stereocenters. The summed E-state index contributed by atoms with van der Waals surface area (Å²) in [5, 5.41) is 0. The van der Waals surface area contributed by atoms with Crippen molar-refractivity contribution in [1.29, 1.82) is 0 Å². The van der Waals surface area contributed by atoms with Crippen LogP contribution in [0.15, 0.2) is 59.7 Å². The van der Waals surface area contributed by atoms with Crippen LogP contribution in [0.4, 0.5) is 0 Å². The predicted octanol–water partition coefficient (Wildman–Crippen LogP) is 15.1. The number of unbranched alkanes of at least 4 members (excludes halogenated alkanes) is 13. The summed E-state index contributed by atoms with van der Waals surface area (Å²) in [4.78, 5) is 0. The minimum absolute atomic E-state index is 0. The summed E-state index contributed by atoms with van der Waals surface area (Å²) >= 11 is 0. The Labute approximate surface area is 319 Å². The number of hydrogen-bond donors (Lipinski definition) is 0. The minimum atomic E-state index is 0. The molecule has 0 aromatic heterocycles. The smallest absolute Gasteiger partial charge is 0.215 e. The number of benzene rings is 2. The van der Waals surface area contributed by atoms with Gasteiger partial charge in [0.05, 0.1) is 5.57 Å². The van der Waals surface area contributed by atoms with Crippen LogP contribution >= 0.6 is 0 Å². The second-order valence-electron chi connectivity index (χ2n) is 14.8. The first kappa shape index (κ1) is 43.9. The topological polar surface area (TPSA) is 25.3 Å². The Balaban J connectivity index is 0.00000867. The average molecular weight is 724 g/mol. The first-order chi connectivity index (χ1) is 24.0. The first-order valence-corrected chi connectivity index (χ1v) is 20.9. The van der Waals surface area contributed by atoms with Gasteiger partial charge >= 0.3 is 0 Å². The van der Waals surface area contributed by atoms with Gasteiger partial charge in [-0.05, 0) is 117 Å². The summed E-state index contributed by atoms with van der Waals surface area (Å²) in [5.41, 5.74) is 24.7. The molecule has 0 saturated carbocycles. The Morgan fingerprint density at radius 2 is 0.860 bits per heavy atom. The van der Waals surface area contributed by atoms with Gasteiger partial charge in [-0.2, -0.15) is 0 Å². The normalized spacial score (nSPS) is 13.3. The fourth-order valence-electron chi connectivity index (χ4n) is 7.41. The molecule has 2 nitrogen and oxygen atoms in total. The monoisotopic (exact) mass is 723 g/mol. The average Bonchev–Trinajstić information content (AvgIpc) is 3.40. The van der Waals surface area contributed by atoms with Crippen molar-refractivity contribution in [1.82, 2.24) is 0 Å². The molecule has 1 heterocycles. The second kappa shape index (κ2) is 25.7. The van der Waals surface area contributed by atoms with Crippen molar-refractivity contribution in [3.63, 3.8) is 0 Å². The second-order valence-corrected chi connectivity index (χ2v) is 14.8. The molecule has 1 aliphatic heterocycles. The Morgan fingerprint density at radius 3 is 1.26 bits per heavy atom. The van der Waals surface area contributed by atoms with Gasteiger partial charge in [-0.25, -0.2) is 4.70 Å². The summed E-state index contributed by atoms with van der Waals surface area (Å²) in [5.74, 6) is 0. The quantitative estimate of drug-likeness (QED) is 0.0525. The van der Waals surface area contributed by atoms with Crippen LogP contribution in [0.5, 0.6) is 0 Å². The molecule has 0 amide bonds. The standard InChI is InChI=1S/C47H72N2.Ni/c1-7-13-18-19-20-21-22-23-24-25-26-31-45-44(12-6)46(42-34-38(27-14-8-2)32-39(35-42)28-15-9-3)49(48)47(45)43-36-40(29-16-10-4)33-41(37-43)30-17-11-5;/h26,31-37H,7-25,27-30H2,1-6H3;. The van der Waals surface area contributed by atoms with E-state index in [0.717, 1.165) is 49.9 Å². The molecule has 280 valence electrons. The molecule has 0 radical (unpaired) electrons. The van der Waals surface area contributed by atoms with Gasteiger partial charge in [0.1, 0.15) is 0 Å². The number of allylic oxidation sites excluding steroid dienone is 4. The van der Waals surface area contributed by atoms with Gasteiger partial charge in [0.2, 0.25) is 11.4 Å². The van der Waals surface area contributed by atoms with Crippen molar-refractivity contribution in [2.75, 3.05) is 0 Å². The molecule has 0 saturated heterocycles. The fourth-order valence-corrected chi connectivity index (χ4v) is 7.41. The van der Waals surface area contributed by atoms with Crippen LogP contribution in [0.2, 0.25) is 0 Å². The van der Waals surface area contributed by atoms with Crippen LogP contribution in [-0.4, -0.2) is 4.70 Å². The first-order valence-electron chi connectivity index (χ1n) is 20.9. The zero-order valence-electron chi connectivity index (χ0n) is 33.1. The maximum absolute atomic E-state index is 12.4. The molecule has 1 aliphatic rings. The van der Waals surface area contributed by atoms with Crippen LogP contribution < -0.4 is 0 Å². The van der Waals surface area contributed by atoms with E-state index < -0.39 is 0 Å². The predicted molar refractivity (Wildman–Crippen MR) is 216 cm³/mol. The summed E-state index contributed by atoms with van der Waals surface area (Å²) in [6.07, 6.45) is 32.8. The SMILES string of the molecule is CCCCCCCCCCCC=CC1=C(c2cc(CCCC)cc(CCCC)c2)[N+](=[N-])C(c2cc(CCCC)cc(CCCC)c2)=C1CC.[Ni]. The number of rotatable bonds is 26. The molecule has 3 heteroatoms. The van der Waals surface area contributed by atoms with Crippen LogP contribution in [-0.2, 0) is 42.2 Å². The third-order valence-corrected chi connectivity index (χ3v) is 10.3. The van der Waals surface area contributed by atoms with Crippen molar-refractivity contribution >= 4 is 11.4 Å². The van der Waals surface area contributed by atoms with Crippen LogP contribution in [0.1, 0.15) is 197 Å². The molecule has 0 unspecified atom stereocenters. The van der Waals surface area contributed by atoms with Gasteiger partial charge in [-0.15, -0.1) is 0 Å². The molecule has 0 aliphatic carbocycles. The molecule has 0 fully saturated rings. The van der Waals surface area contributed by atoms with Gasteiger partial charge in [0.15, 0.2) is 0 Å². The summed E-state index contributed by atoms with van der Waals surface area (Å²) in [6, 6.07) is 14.3. The van der Waals surface area contributed by atoms with Crippen LogP contribution in [0.25, 0.3) is 16.9 Å². The zero-order valence-corrected chi connectivity index (χ0v) is 34.1. The van der Waals surface area contributed by atoms with E-state index in [1.54, 1.807) is 4.70 Å². The van der Waals surface area contributed by atoms with E-state index >= 15 is 0 Å². The van der Waals surface area contributed by atoms with E-state index in [4.69, 9.17) is 0 Å². The molecular formula is C47H72N2Ni. The molecule has 0 bridgehead atoms. The Morgan fingerprint density at radius 1 is 0.480 bits per heavy atom. The van der Waals surface area contributed by atoms with Gasteiger partial charge in [0.25, 0.3) is 0 Å². The van der Waals surface area contributed by atoms with E-state index in [1.165, 1.54) is 154 Å². The molecule has 50 heavy (non-hydrogen) atoms. The van der Waals surface area contributed by atoms with Crippen molar-refractivity contribution < 1.29 is 21.2 Å². The molecular weight excluding hydrogens is 651 g/mol. The van der Waals surface area contributed by atoms with Crippen LogP contribution in [0.3, 0.4) is 0 Å². The van der Waals surface area contributed by atoms with Crippen molar-refractivity contribution in [3.05, 3.63) is 98.6 Å². The zero-order chi connectivity index (χ0) is 35.3. The van der Waals surface area contributed by atoms with Gasteiger partial charge in [-0.1, -0.05) is 143 Å².